The van der Waals surface area contributed by atoms with E-state index in [9.17, 15) is 24.3 Å². The third kappa shape index (κ3) is 13.0. The number of nitrogens with one attached hydrogen (secondary N) is 3. The molecule has 0 saturated heterocycles. The maximum atomic E-state index is 12.9. The van der Waals surface area contributed by atoms with E-state index in [4.69, 9.17) is 28.7 Å². The van der Waals surface area contributed by atoms with Crippen molar-refractivity contribution >= 4 is 35.6 Å². The first-order chi connectivity index (χ1) is 15.9. The lowest BCUT2D eigenvalue weighted by Gasteiger charge is -2.26. The van der Waals surface area contributed by atoms with Gasteiger partial charge in [-0.05, 0) is 31.6 Å². The molecule has 3 atom stereocenters. The van der Waals surface area contributed by atoms with Crippen molar-refractivity contribution in [3.63, 3.8) is 0 Å². The summed E-state index contributed by atoms with van der Waals surface area (Å²) in [6.45, 7) is 3.51. The minimum Gasteiger partial charge on any atom is -0.480 e. The zero-order valence-electron chi connectivity index (χ0n) is 19.6. The van der Waals surface area contributed by atoms with Gasteiger partial charge < -0.3 is 49.7 Å². The third-order valence-electron chi connectivity index (χ3n) is 4.59. The number of carbonyl (C=O) groups is 4. The van der Waals surface area contributed by atoms with Gasteiger partial charge in [0.05, 0.1) is 6.54 Å². The van der Waals surface area contributed by atoms with E-state index in [0.29, 0.717) is 12.8 Å². The molecule has 15 heteroatoms. The standard InChI is InChI=1S/C19H38N10O5/c1-10(2)14(29-13(30)9-20)16(32)27-11(5-3-7-25-18(21)22)15(31)28-12(17(33)34)6-4-8-26-19(23)24/h10-12,14H,3-9,20H2,1-2H3,(H,27,32)(H,28,31)(H,29,30)(H,33,34)(H4,21,22,25)(H4,23,24,26). The summed E-state index contributed by atoms with van der Waals surface area (Å²) in [4.78, 5) is 56.6. The van der Waals surface area contributed by atoms with Crippen molar-refractivity contribution in [3.05, 3.63) is 0 Å². The van der Waals surface area contributed by atoms with Crippen molar-refractivity contribution in [3.8, 4) is 0 Å². The zero-order chi connectivity index (χ0) is 26.3. The van der Waals surface area contributed by atoms with Crippen LogP contribution in [0.1, 0.15) is 39.5 Å². The van der Waals surface area contributed by atoms with Crippen LogP contribution in [0.2, 0.25) is 0 Å². The van der Waals surface area contributed by atoms with Gasteiger partial charge in [0.15, 0.2) is 11.9 Å². The van der Waals surface area contributed by atoms with Crippen LogP contribution in [-0.2, 0) is 19.2 Å². The number of nitrogens with zero attached hydrogens (tertiary/aromatic N) is 2. The fraction of sp³-hybridized carbons (Fsp3) is 0.684. The molecule has 0 spiro atoms. The first-order valence-corrected chi connectivity index (χ1v) is 10.8. The van der Waals surface area contributed by atoms with Gasteiger partial charge in [-0.25, -0.2) is 4.79 Å². The summed E-state index contributed by atoms with van der Waals surface area (Å²) in [5, 5.41) is 17.0. The number of hydrogen-bond acceptors (Lipinski definition) is 7. The number of rotatable bonds is 16. The van der Waals surface area contributed by atoms with E-state index in [-0.39, 0.29) is 50.3 Å². The minimum atomic E-state index is -1.25. The molecule has 14 N–H and O–H groups in total. The SMILES string of the molecule is CC(C)C(NC(=O)CN)C(=O)NC(CCCN=C(N)N)C(=O)NC(CCCN=C(N)N)C(=O)O. The fourth-order valence-electron chi connectivity index (χ4n) is 2.83. The summed E-state index contributed by atoms with van der Waals surface area (Å²) in [5.41, 5.74) is 26.4. The van der Waals surface area contributed by atoms with E-state index in [1.54, 1.807) is 13.8 Å². The smallest absolute Gasteiger partial charge is 0.326 e. The predicted octanol–water partition coefficient (Wildman–Crippen LogP) is -3.75. The Balaban J connectivity index is 5.42. The average molecular weight is 487 g/mol. The number of carboxylic acid groups (broad SMARTS) is 1. The number of carbonyl (C=O) groups excluding carboxylic acids is 3. The van der Waals surface area contributed by atoms with Gasteiger partial charge in [0.25, 0.3) is 0 Å². The number of carboxylic acids is 1. The highest BCUT2D eigenvalue weighted by Gasteiger charge is 2.30. The molecule has 194 valence electrons. The second-order valence-electron chi connectivity index (χ2n) is 7.85. The summed E-state index contributed by atoms with van der Waals surface area (Å²) in [6.07, 6.45) is 0.801. The molecule has 0 rings (SSSR count). The molecule has 0 aliphatic heterocycles. The van der Waals surface area contributed by atoms with Crippen LogP contribution in [0.15, 0.2) is 9.98 Å². The molecule has 34 heavy (non-hydrogen) atoms. The molecule has 0 bridgehead atoms. The Hall–Kier alpha value is -3.62. The molecule has 0 aromatic rings. The molecule has 0 aliphatic rings. The first kappa shape index (κ1) is 30.4. The van der Waals surface area contributed by atoms with Crippen molar-refractivity contribution in [1.82, 2.24) is 16.0 Å². The summed E-state index contributed by atoms with van der Waals surface area (Å²) < 4.78 is 0. The van der Waals surface area contributed by atoms with E-state index in [1.807, 2.05) is 0 Å². The Bertz CT molecular complexity index is 748. The van der Waals surface area contributed by atoms with Crippen molar-refractivity contribution in [2.45, 2.75) is 57.7 Å². The van der Waals surface area contributed by atoms with E-state index in [0.717, 1.165) is 0 Å². The van der Waals surface area contributed by atoms with Crippen LogP contribution in [-0.4, -0.2) is 78.5 Å². The van der Waals surface area contributed by atoms with Crippen LogP contribution in [0.25, 0.3) is 0 Å². The topological polar surface area (TPSA) is 279 Å². The molecule has 0 saturated carbocycles. The monoisotopic (exact) mass is 486 g/mol. The van der Waals surface area contributed by atoms with Gasteiger partial charge in [-0.2, -0.15) is 0 Å². The van der Waals surface area contributed by atoms with Gasteiger partial charge in [0.1, 0.15) is 18.1 Å². The van der Waals surface area contributed by atoms with Crippen LogP contribution >= 0.6 is 0 Å². The van der Waals surface area contributed by atoms with Crippen LogP contribution in [0.3, 0.4) is 0 Å². The average Bonchev–Trinajstić information content (AvgIpc) is 2.74. The second kappa shape index (κ2) is 16.1. The molecule has 0 aliphatic carbocycles. The Kier molecular flexibility index (Phi) is 14.4. The number of aliphatic imine (C=N–C) groups is 2. The molecular formula is C19H38N10O5. The molecule has 0 heterocycles. The molecule has 0 radical (unpaired) electrons. The summed E-state index contributed by atoms with van der Waals surface area (Å²) >= 11 is 0. The third-order valence-corrected chi connectivity index (χ3v) is 4.59. The van der Waals surface area contributed by atoms with Gasteiger partial charge >= 0.3 is 5.97 Å². The van der Waals surface area contributed by atoms with E-state index < -0.39 is 41.8 Å². The Morgan fingerprint density at radius 1 is 0.794 bits per heavy atom. The van der Waals surface area contributed by atoms with E-state index in [1.165, 1.54) is 0 Å². The van der Waals surface area contributed by atoms with Crippen molar-refractivity contribution < 1.29 is 24.3 Å². The highest BCUT2D eigenvalue weighted by atomic mass is 16.4. The summed E-state index contributed by atoms with van der Waals surface area (Å²) in [6, 6.07) is -3.27. The summed E-state index contributed by atoms with van der Waals surface area (Å²) in [7, 11) is 0. The minimum absolute atomic E-state index is 0.0632. The maximum Gasteiger partial charge on any atom is 0.326 e. The van der Waals surface area contributed by atoms with Crippen LogP contribution < -0.4 is 44.6 Å². The van der Waals surface area contributed by atoms with E-state index in [2.05, 4.69) is 25.9 Å². The number of guanidine groups is 2. The van der Waals surface area contributed by atoms with Crippen molar-refractivity contribution in [2.75, 3.05) is 19.6 Å². The lowest BCUT2D eigenvalue weighted by molar-refractivity contribution is -0.142. The van der Waals surface area contributed by atoms with Gasteiger partial charge in [0, 0.05) is 13.1 Å². The van der Waals surface area contributed by atoms with Gasteiger partial charge in [-0.15, -0.1) is 0 Å². The molecule has 15 nitrogen and oxygen atoms in total. The van der Waals surface area contributed by atoms with Gasteiger partial charge in [-0.3, -0.25) is 24.4 Å². The lowest BCUT2D eigenvalue weighted by Crippen LogP contribution is -2.57. The predicted molar refractivity (Wildman–Crippen MR) is 127 cm³/mol. The summed E-state index contributed by atoms with van der Waals surface area (Å²) in [5.74, 6) is -3.66. The number of aliphatic carboxylic acids is 1. The van der Waals surface area contributed by atoms with Crippen LogP contribution in [0.5, 0.6) is 0 Å². The Morgan fingerprint density at radius 3 is 1.68 bits per heavy atom. The molecule has 3 unspecified atom stereocenters. The largest absolute Gasteiger partial charge is 0.480 e. The number of nitrogens with two attached hydrogens (primary N) is 5. The molecule has 0 aromatic carbocycles. The van der Waals surface area contributed by atoms with Gasteiger partial charge in [-0.1, -0.05) is 13.8 Å². The molecule has 0 aromatic heterocycles. The van der Waals surface area contributed by atoms with Crippen LogP contribution in [0.4, 0.5) is 0 Å². The molecular weight excluding hydrogens is 448 g/mol. The highest BCUT2D eigenvalue weighted by molar-refractivity contribution is 5.93. The normalized spacial score (nSPS) is 13.2. The van der Waals surface area contributed by atoms with Gasteiger partial charge in [0.2, 0.25) is 17.7 Å². The lowest BCUT2D eigenvalue weighted by atomic mass is 10.0. The van der Waals surface area contributed by atoms with Crippen LogP contribution in [0, 0.1) is 5.92 Å². The molecule has 0 fully saturated rings. The maximum absolute atomic E-state index is 12.9. The van der Waals surface area contributed by atoms with Crippen molar-refractivity contribution in [1.29, 1.82) is 0 Å². The second-order valence-corrected chi connectivity index (χ2v) is 7.85. The fourth-order valence-corrected chi connectivity index (χ4v) is 2.83. The van der Waals surface area contributed by atoms with E-state index >= 15 is 0 Å². The number of hydrogen-bond donors (Lipinski definition) is 9. The molecule has 3 amide bonds. The zero-order valence-corrected chi connectivity index (χ0v) is 19.6. The Labute approximate surface area is 198 Å². The van der Waals surface area contributed by atoms with Crippen molar-refractivity contribution in [2.24, 2.45) is 44.6 Å². The Morgan fingerprint density at radius 2 is 1.26 bits per heavy atom. The number of amides is 3. The first-order valence-electron chi connectivity index (χ1n) is 10.8. The highest BCUT2D eigenvalue weighted by Crippen LogP contribution is 2.07. The quantitative estimate of drug-likeness (QED) is 0.0583.